The molecular formula is C12H21BrN2O2. The second-order valence-corrected chi connectivity index (χ2v) is 5.36. The number of rotatable bonds is 5. The molecule has 1 atom stereocenters. The Kier molecular flexibility index (Phi) is 5.95. The van der Waals surface area contributed by atoms with Gasteiger partial charge in [-0.2, -0.15) is 0 Å². The second kappa shape index (κ2) is 6.99. The van der Waals surface area contributed by atoms with Gasteiger partial charge in [0, 0.05) is 32.6 Å². The number of halogens is 1. The van der Waals surface area contributed by atoms with Crippen molar-refractivity contribution in [1.82, 2.24) is 9.80 Å². The maximum atomic E-state index is 11.8. The third-order valence-electron chi connectivity index (χ3n) is 3.18. The Labute approximate surface area is 111 Å². The van der Waals surface area contributed by atoms with Crippen LogP contribution < -0.4 is 0 Å². The van der Waals surface area contributed by atoms with E-state index in [1.54, 1.807) is 9.80 Å². The van der Waals surface area contributed by atoms with Crippen LogP contribution in [0.3, 0.4) is 0 Å². The monoisotopic (exact) mass is 304 g/mol. The number of nitrogens with zero attached hydrogens (tertiary/aromatic N) is 2. The molecule has 4 nitrogen and oxygen atoms in total. The van der Waals surface area contributed by atoms with E-state index in [1.807, 2.05) is 13.8 Å². The Morgan fingerprint density at radius 1 is 1.47 bits per heavy atom. The van der Waals surface area contributed by atoms with Crippen molar-refractivity contribution in [2.75, 3.05) is 26.2 Å². The molecule has 0 spiro atoms. The minimum Gasteiger partial charge on any atom is -0.343 e. The first kappa shape index (κ1) is 14.5. The number of hydrogen-bond acceptors (Lipinski definition) is 2. The van der Waals surface area contributed by atoms with Gasteiger partial charge in [-0.3, -0.25) is 9.59 Å². The first-order valence-electron chi connectivity index (χ1n) is 6.30. The molecule has 2 amide bonds. The van der Waals surface area contributed by atoms with E-state index in [-0.39, 0.29) is 16.6 Å². The third kappa shape index (κ3) is 3.98. The Morgan fingerprint density at radius 3 is 2.71 bits per heavy atom. The SMILES string of the molecule is CCN(CC)C(=O)CCN1CCCC(Br)C1=O. The zero-order chi connectivity index (χ0) is 12.8. The smallest absolute Gasteiger partial charge is 0.236 e. The molecule has 0 bridgehead atoms. The van der Waals surface area contributed by atoms with Crippen LogP contribution in [0, 0.1) is 0 Å². The van der Waals surface area contributed by atoms with Crippen molar-refractivity contribution in [2.45, 2.75) is 37.9 Å². The molecule has 0 aromatic rings. The highest BCUT2D eigenvalue weighted by atomic mass is 79.9. The molecule has 0 aliphatic carbocycles. The van der Waals surface area contributed by atoms with Gasteiger partial charge in [0.05, 0.1) is 4.83 Å². The summed E-state index contributed by atoms with van der Waals surface area (Å²) in [4.78, 5) is 27.2. The molecule has 17 heavy (non-hydrogen) atoms. The zero-order valence-corrected chi connectivity index (χ0v) is 12.2. The zero-order valence-electron chi connectivity index (χ0n) is 10.6. The van der Waals surface area contributed by atoms with Gasteiger partial charge in [-0.25, -0.2) is 0 Å². The summed E-state index contributed by atoms with van der Waals surface area (Å²) in [5, 5.41) is 0. The fourth-order valence-electron chi connectivity index (χ4n) is 2.08. The fraction of sp³-hybridized carbons (Fsp3) is 0.833. The second-order valence-electron chi connectivity index (χ2n) is 4.25. The van der Waals surface area contributed by atoms with E-state index in [4.69, 9.17) is 0 Å². The quantitative estimate of drug-likeness (QED) is 0.724. The van der Waals surface area contributed by atoms with E-state index in [2.05, 4.69) is 15.9 Å². The number of hydrogen-bond donors (Lipinski definition) is 0. The lowest BCUT2D eigenvalue weighted by molar-refractivity contribution is -0.135. The molecule has 1 fully saturated rings. The van der Waals surface area contributed by atoms with Gasteiger partial charge in [0.1, 0.15) is 0 Å². The Bertz CT molecular complexity index is 280. The van der Waals surface area contributed by atoms with Crippen molar-refractivity contribution < 1.29 is 9.59 Å². The minimum atomic E-state index is -0.0557. The number of carbonyl (C=O) groups is 2. The molecule has 1 aliphatic heterocycles. The molecule has 1 aliphatic rings. The molecule has 0 radical (unpaired) electrons. The predicted molar refractivity (Wildman–Crippen MR) is 71.1 cm³/mol. The molecule has 98 valence electrons. The summed E-state index contributed by atoms with van der Waals surface area (Å²) in [6, 6.07) is 0. The van der Waals surface area contributed by atoms with Gasteiger partial charge in [0.15, 0.2) is 0 Å². The summed E-state index contributed by atoms with van der Waals surface area (Å²) in [6.45, 7) is 6.77. The standard InChI is InChI=1S/C12H21BrN2O2/c1-3-14(4-2)11(16)7-9-15-8-5-6-10(13)12(15)17/h10H,3-9H2,1-2H3. The van der Waals surface area contributed by atoms with E-state index in [0.29, 0.717) is 13.0 Å². The van der Waals surface area contributed by atoms with Crippen molar-refractivity contribution in [3.05, 3.63) is 0 Å². The average molecular weight is 305 g/mol. The Morgan fingerprint density at radius 2 is 2.12 bits per heavy atom. The van der Waals surface area contributed by atoms with Gasteiger partial charge in [-0.05, 0) is 26.7 Å². The molecule has 0 aromatic heterocycles. The van der Waals surface area contributed by atoms with Crippen LogP contribution in [0.1, 0.15) is 33.1 Å². The summed E-state index contributed by atoms with van der Waals surface area (Å²) in [6.07, 6.45) is 2.35. The highest BCUT2D eigenvalue weighted by molar-refractivity contribution is 9.10. The van der Waals surface area contributed by atoms with E-state index in [9.17, 15) is 9.59 Å². The maximum Gasteiger partial charge on any atom is 0.236 e. The van der Waals surface area contributed by atoms with Gasteiger partial charge in [-0.1, -0.05) is 15.9 Å². The summed E-state index contributed by atoms with van der Waals surface area (Å²) < 4.78 is 0. The molecule has 0 N–H and O–H groups in total. The molecule has 0 saturated carbocycles. The van der Waals surface area contributed by atoms with Crippen molar-refractivity contribution in [1.29, 1.82) is 0 Å². The molecule has 1 saturated heterocycles. The average Bonchev–Trinajstić information content (AvgIpc) is 2.32. The van der Waals surface area contributed by atoms with E-state index in [1.165, 1.54) is 0 Å². The lowest BCUT2D eigenvalue weighted by Crippen LogP contribution is -2.43. The maximum absolute atomic E-state index is 11.8. The van der Waals surface area contributed by atoms with Crippen LogP contribution in [-0.4, -0.2) is 52.6 Å². The lowest BCUT2D eigenvalue weighted by atomic mass is 10.1. The van der Waals surface area contributed by atoms with Crippen LogP contribution >= 0.6 is 15.9 Å². The summed E-state index contributed by atoms with van der Waals surface area (Å²) >= 11 is 3.37. The molecule has 1 unspecified atom stereocenters. The van der Waals surface area contributed by atoms with Gasteiger partial charge in [0.25, 0.3) is 0 Å². The van der Waals surface area contributed by atoms with Crippen molar-refractivity contribution in [2.24, 2.45) is 0 Å². The largest absolute Gasteiger partial charge is 0.343 e. The molecule has 0 aromatic carbocycles. The van der Waals surface area contributed by atoms with Crippen LogP contribution in [0.2, 0.25) is 0 Å². The Balaban J connectivity index is 2.39. The summed E-state index contributed by atoms with van der Waals surface area (Å²) in [5.41, 5.74) is 0. The normalized spacial score (nSPS) is 20.5. The predicted octanol–water partition coefficient (Wildman–Crippen LogP) is 1.63. The number of alkyl halides is 1. The first-order valence-corrected chi connectivity index (χ1v) is 7.22. The summed E-state index contributed by atoms with van der Waals surface area (Å²) in [7, 11) is 0. The number of likely N-dealkylation sites (tertiary alicyclic amines) is 1. The van der Waals surface area contributed by atoms with Gasteiger partial charge in [-0.15, -0.1) is 0 Å². The number of piperidine rings is 1. The molecular weight excluding hydrogens is 284 g/mol. The molecule has 5 heteroatoms. The van der Waals surface area contributed by atoms with E-state index >= 15 is 0 Å². The fourth-order valence-corrected chi connectivity index (χ4v) is 2.69. The van der Waals surface area contributed by atoms with Crippen molar-refractivity contribution in [3.63, 3.8) is 0 Å². The van der Waals surface area contributed by atoms with Crippen molar-refractivity contribution in [3.8, 4) is 0 Å². The van der Waals surface area contributed by atoms with Crippen LogP contribution in [0.25, 0.3) is 0 Å². The van der Waals surface area contributed by atoms with Crippen LogP contribution in [0.15, 0.2) is 0 Å². The molecule has 1 heterocycles. The van der Waals surface area contributed by atoms with Gasteiger partial charge in [0.2, 0.25) is 11.8 Å². The van der Waals surface area contributed by atoms with Crippen LogP contribution in [-0.2, 0) is 9.59 Å². The highest BCUT2D eigenvalue weighted by Crippen LogP contribution is 2.18. The summed E-state index contributed by atoms with van der Waals surface area (Å²) in [5.74, 6) is 0.267. The molecule has 1 rings (SSSR count). The van der Waals surface area contributed by atoms with Gasteiger partial charge < -0.3 is 9.80 Å². The van der Waals surface area contributed by atoms with Gasteiger partial charge >= 0.3 is 0 Å². The minimum absolute atomic E-state index is 0.0557. The van der Waals surface area contributed by atoms with Crippen LogP contribution in [0.5, 0.6) is 0 Å². The lowest BCUT2D eigenvalue weighted by Gasteiger charge is -2.30. The van der Waals surface area contributed by atoms with Crippen LogP contribution in [0.4, 0.5) is 0 Å². The Hall–Kier alpha value is -0.580. The van der Waals surface area contributed by atoms with E-state index < -0.39 is 0 Å². The topological polar surface area (TPSA) is 40.6 Å². The third-order valence-corrected chi connectivity index (χ3v) is 4.03. The highest BCUT2D eigenvalue weighted by Gasteiger charge is 2.26. The number of carbonyl (C=O) groups excluding carboxylic acids is 2. The van der Waals surface area contributed by atoms with Crippen molar-refractivity contribution >= 4 is 27.7 Å². The number of amides is 2. The first-order chi connectivity index (χ1) is 8.10. The van der Waals surface area contributed by atoms with E-state index in [0.717, 1.165) is 32.5 Å².